The Hall–Kier alpha value is -2.14. The van der Waals surface area contributed by atoms with Crippen LogP contribution in [0, 0.1) is 20.8 Å². The molecule has 0 fully saturated rings. The molecule has 0 spiro atoms. The predicted molar refractivity (Wildman–Crippen MR) is 101 cm³/mol. The lowest BCUT2D eigenvalue weighted by atomic mass is 10.0. The molecule has 3 rings (SSSR count). The zero-order valence-electron chi connectivity index (χ0n) is 14.3. The number of hydrogen-bond acceptors (Lipinski definition) is 2. The van der Waals surface area contributed by atoms with Crippen LogP contribution < -0.4 is 5.32 Å². The number of pyridine rings is 1. The van der Waals surface area contributed by atoms with Crippen LogP contribution in [0.1, 0.15) is 39.8 Å². The van der Waals surface area contributed by atoms with Gasteiger partial charge in [-0.15, -0.1) is 0 Å². The Morgan fingerprint density at radius 2 is 1.88 bits per heavy atom. The monoisotopic (exact) mass is 385 g/mol. The van der Waals surface area contributed by atoms with E-state index in [0.29, 0.717) is 12.1 Å². The molecular weight excluding hydrogens is 366 g/mol. The van der Waals surface area contributed by atoms with Crippen LogP contribution in [0.4, 0.5) is 5.69 Å². The van der Waals surface area contributed by atoms with E-state index in [1.165, 1.54) is 5.56 Å². The minimum Gasteiger partial charge on any atom is -0.320 e. The Bertz CT molecular complexity index is 920. The summed E-state index contributed by atoms with van der Waals surface area (Å²) in [6.07, 6.45) is 2.58. The van der Waals surface area contributed by atoms with E-state index in [-0.39, 0.29) is 5.91 Å². The van der Waals surface area contributed by atoms with Crippen molar-refractivity contribution in [2.75, 3.05) is 5.32 Å². The van der Waals surface area contributed by atoms with Crippen LogP contribution in [0.25, 0.3) is 5.65 Å². The molecule has 1 amide bonds. The second-order valence-corrected chi connectivity index (χ2v) is 6.98. The lowest BCUT2D eigenvalue weighted by Gasteiger charge is -2.13. The number of anilines is 1. The number of hydrogen-bond donors (Lipinski definition) is 1. The van der Waals surface area contributed by atoms with Crippen molar-refractivity contribution in [3.63, 3.8) is 0 Å². The maximum absolute atomic E-state index is 13.0. The summed E-state index contributed by atoms with van der Waals surface area (Å²) in [4.78, 5) is 17.6. The van der Waals surface area contributed by atoms with Crippen LogP contribution >= 0.6 is 15.9 Å². The van der Waals surface area contributed by atoms with Crippen molar-refractivity contribution in [2.45, 2.75) is 34.1 Å². The predicted octanol–water partition coefficient (Wildman–Crippen LogP) is 4.84. The van der Waals surface area contributed by atoms with Crippen LogP contribution in [-0.2, 0) is 6.42 Å². The molecule has 1 N–H and O–H groups in total. The van der Waals surface area contributed by atoms with Gasteiger partial charge in [0, 0.05) is 16.4 Å². The fraction of sp³-hybridized carbons (Fsp3) is 0.263. The van der Waals surface area contributed by atoms with Gasteiger partial charge in [-0.05, 0) is 66.4 Å². The number of nitrogens with zero attached hydrogens (tertiary/aromatic N) is 2. The van der Waals surface area contributed by atoms with Gasteiger partial charge < -0.3 is 5.32 Å². The molecule has 0 saturated carbocycles. The van der Waals surface area contributed by atoms with Gasteiger partial charge in [0.05, 0.1) is 5.69 Å². The Morgan fingerprint density at radius 3 is 2.50 bits per heavy atom. The summed E-state index contributed by atoms with van der Waals surface area (Å²) in [5.74, 6) is -0.132. The zero-order valence-corrected chi connectivity index (χ0v) is 15.9. The van der Waals surface area contributed by atoms with Gasteiger partial charge >= 0.3 is 0 Å². The Labute approximate surface area is 150 Å². The quantitative estimate of drug-likeness (QED) is 0.701. The topological polar surface area (TPSA) is 46.4 Å². The van der Waals surface area contributed by atoms with Gasteiger partial charge in [-0.2, -0.15) is 0 Å². The number of amides is 1. The Balaban J connectivity index is 2.08. The van der Waals surface area contributed by atoms with Gasteiger partial charge in [-0.1, -0.05) is 24.6 Å². The highest BCUT2D eigenvalue weighted by Gasteiger charge is 2.19. The van der Waals surface area contributed by atoms with Crippen molar-refractivity contribution >= 4 is 33.2 Å². The van der Waals surface area contributed by atoms with Gasteiger partial charge in [0.1, 0.15) is 11.3 Å². The molecule has 0 aliphatic rings. The molecular formula is C19H20BrN3O. The lowest BCUT2D eigenvalue weighted by Crippen LogP contribution is -2.17. The molecule has 0 saturated heterocycles. The maximum Gasteiger partial charge on any atom is 0.274 e. The Kier molecular flexibility index (Phi) is 4.45. The highest BCUT2D eigenvalue weighted by atomic mass is 79.9. The first-order valence-corrected chi connectivity index (χ1v) is 8.75. The maximum atomic E-state index is 13.0. The third kappa shape index (κ3) is 2.96. The molecule has 0 atom stereocenters. The molecule has 0 radical (unpaired) electrons. The number of carbonyl (C=O) groups excluding carboxylic acids is 1. The van der Waals surface area contributed by atoms with Gasteiger partial charge in [-0.25, -0.2) is 4.98 Å². The minimum absolute atomic E-state index is 0.132. The first-order chi connectivity index (χ1) is 11.4. The van der Waals surface area contributed by atoms with E-state index in [1.807, 2.05) is 43.5 Å². The van der Waals surface area contributed by atoms with E-state index in [0.717, 1.165) is 32.6 Å². The van der Waals surface area contributed by atoms with Crippen molar-refractivity contribution in [2.24, 2.45) is 0 Å². The van der Waals surface area contributed by atoms with Crippen molar-refractivity contribution in [3.05, 3.63) is 63.0 Å². The second kappa shape index (κ2) is 6.40. The van der Waals surface area contributed by atoms with Crippen LogP contribution in [0.5, 0.6) is 0 Å². The summed E-state index contributed by atoms with van der Waals surface area (Å²) in [5.41, 5.74) is 6.36. The minimum atomic E-state index is -0.132. The number of aryl methyl sites for hydroxylation is 4. The average Bonchev–Trinajstić information content (AvgIpc) is 2.88. The number of fused-ring (bicyclic) bond motifs is 1. The molecule has 0 aliphatic heterocycles. The molecule has 0 bridgehead atoms. The smallest absolute Gasteiger partial charge is 0.274 e. The largest absolute Gasteiger partial charge is 0.320 e. The number of aromatic nitrogens is 2. The van der Waals surface area contributed by atoms with Crippen molar-refractivity contribution in [3.8, 4) is 0 Å². The van der Waals surface area contributed by atoms with E-state index in [2.05, 4.69) is 45.3 Å². The Morgan fingerprint density at radius 1 is 1.21 bits per heavy atom. The third-order valence-corrected chi connectivity index (χ3v) is 4.59. The fourth-order valence-corrected chi connectivity index (χ4v) is 3.44. The number of carbonyl (C=O) groups is 1. The molecule has 3 aromatic rings. The molecule has 4 nitrogen and oxygen atoms in total. The van der Waals surface area contributed by atoms with Crippen molar-refractivity contribution < 1.29 is 4.79 Å². The highest BCUT2D eigenvalue weighted by Crippen LogP contribution is 2.24. The number of benzene rings is 1. The van der Waals surface area contributed by atoms with Gasteiger partial charge in [0.2, 0.25) is 0 Å². The van der Waals surface area contributed by atoms with Crippen LogP contribution in [-0.4, -0.2) is 15.3 Å². The second-order valence-electron chi connectivity index (χ2n) is 6.06. The summed E-state index contributed by atoms with van der Waals surface area (Å²) in [7, 11) is 0. The molecule has 2 heterocycles. The van der Waals surface area contributed by atoms with E-state index in [1.54, 1.807) is 0 Å². The number of nitrogens with one attached hydrogen (secondary N) is 1. The highest BCUT2D eigenvalue weighted by molar-refractivity contribution is 9.10. The SMILES string of the molecule is CCc1nc2ccc(Br)cn2c1C(=O)Nc1c(C)cc(C)cc1C. The van der Waals surface area contributed by atoms with Crippen LogP contribution in [0.15, 0.2) is 34.9 Å². The van der Waals surface area contributed by atoms with Crippen molar-refractivity contribution in [1.29, 1.82) is 0 Å². The van der Waals surface area contributed by atoms with E-state index in [9.17, 15) is 4.79 Å². The fourth-order valence-electron chi connectivity index (χ4n) is 3.10. The summed E-state index contributed by atoms with van der Waals surface area (Å²) in [6.45, 7) is 8.10. The van der Waals surface area contributed by atoms with E-state index < -0.39 is 0 Å². The first-order valence-electron chi connectivity index (χ1n) is 7.96. The normalized spacial score (nSPS) is 11.0. The van der Waals surface area contributed by atoms with Gasteiger partial charge in [0.15, 0.2) is 0 Å². The van der Waals surface area contributed by atoms with Crippen LogP contribution in [0.2, 0.25) is 0 Å². The molecule has 0 unspecified atom stereocenters. The first kappa shape index (κ1) is 16.7. The van der Waals surface area contributed by atoms with E-state index >= 15 is 0 Å². The number of imidazole rings is 1. The zero-order chi connectivity index (χ0) is 17.4. The van der Waals surface area contributed by atoms with Gasteiger partial charge in [-0.3, -0.25) is 9.20 Å². The third-order valence-electron chi connectivity index (χ3n) is 4.12. The summed E-state index contributed by atoms with van der Waals surface area (Å²) in [6, 6.07) is 7.99. The van der Waals surface area contributed by atoms with Gasteiger partial charge in [0.25, 0.3) is 5.91 Å². The molecule has 2 aromatic heterocycles. The summed E-state index contributed by atoms with van der Waals surface area (Å²) < 4.78 is 2.75. The summed E-state index contributed by atoms with van der Waals surface area (Å²) >= 11 is 3.46. The molecule has 5 heteroatoms. The molecule has 24 heavy (non-hydrogen) atoms. The average molecular weight is 386 g/mol. The van der Waals surface area contributed by atoms with Crippen molar-refractivity contribution in [1.82, 2.24) is 9.38 Å². The van der Waals surface area contributed by atoms with Crippen LogP contribution in [0.3, 0.4) is 0 Å². The molecule has 1 aromatic carbocycles. The summed E-state index contributed by atoms with van der Waals surface area (Å²) in [5, 5.41) is 3.08. The number of halogens is 1. The lowest BCUT2D eigenvalue weighted by molar-refractivity contribution is 0.102. The molecule has 124 valence electrons. The standard InChI is InChI=1S/C19H20BrN3O/c1-5-15-18(23-10-14(20)6-7-16(23)21-15)19(24)22-17-12(3)8-11(2)9-13(17)4/h6-10H,5H2,1-4H3,(H,22,24). The molecule has 0 aliphatic carbocycles. The number of rotatable bonds is 3. The van der Waals surface area contributed by atoms with E-state index in [4.69, 9.17) is 0 Å².